The van der Waals surface area contributed by atoms with Crippen molar-refractivity contribution in [3.05, 3.63) is 52.5 Å². The topological polar surface area (TPSA) is 84.2 Å². The van der Waals surface area contributed by atoms with Crippen molar-refractivity contribution >= 4 is 23.0 Å². The molecule has 0 saturated carbocycles. The molecule has 4 aliphatic heterocycles. The first kappa shape index (κ1) is 22.4. The van der Waals surface area contributed by atoms with Gasteiger partial charge in [-0.1, -0.05) is 13.0 Å². The van der Waals surface area contributed by atoms with Crippen molar-refractivity contribution < 1.29 is 9.13 Å². The summed E-state index contributed by atoms with van der Waals surface area (Å²) in [6, 6.07) is 3.48. The van der Waals surface area contributed by atoms with Crippen LogP contribution in [0.5, 0.6) is 0 Å². The van der Waals surface area contributed by atoms with Gasteiger partial charge >= 0.3 is 0 Å². The Hall–Kier alpha value is -3.09. The second-order valence-corrected chi connectivity index (χ2v) is 10.3. The summed E-state index contributed by atoms with van der Waals surface area (Å²) in [4.78, 5) is 22.2. The Labute approximate surface area is 204 Å². The van der Waals surface area contributed by atoms with E-state index >= 15 is 4.39 Å². The number of fused-ring (bicyclic) bond motifs is 2. The lowest BCUT2D eigenvalue weighted by molar-refractivity contribution is 0.0974. The van der Waals surface area contributed by atoms with Crippen LogP contribution in [0.3, 0.4) is 0 Å². The molecule has 4 aliphatic rings. The molecule has 8 nitrogen and oxygen atoms in total. The summed E-state index contributed by atoms with van der Waals surface area (Å²) in [5, 5.41) is 0. The van der Waals surface area contributed by atoms with Crippen molar-refractivity contribution in [1.82, 2.24) is 9.97 Å². The van der Waals surface area contributed by atoms with Crippen molar-refractivity contribution in [3.8, 4) is 0 Å². The number of amidine groups is 1. The van der Waals surface area contributed by atoms with Crippen LogP contribution in [0.15, 0.2) is 23.3 Å². The highest BCUT2D eigenvalue weighted by atomic mass is 19.1. The minimum Gasteiger partial charge on any atom is -0.376 e. The monoisotopic (exact) mass is 475 g/mol. The Morgan fingerprint density at radius 3 is 2.74 bits per heavy atom. The summed E-state index contributed by atoms with van der Waals surface area (Å²) in [5.74, 6) is 1.24. The summed E-state index contributed by atoms with van der Waals surface area (Å²) in [6.07, 6.45) is 4.70. The molecule has 35 heavy (non-hydrogen) atoms. The number of halogens is 1. The molecule has 2 saturated heterocycles. The number of nitrogens with zero attached hydrogens (tertiary/aromatic N) is 6. The molecule has 0 bridgehead atoms. The standard InChI is InChI=1S/C26H30FN7O/c1-15-6-9-34(19-5-4-17(29-3)22(27)21(15)19)25-23-18(12-31-25)32-20(13-30-23)33-10-7-26(8-11-33)14-35-16(2)24(26)28/h4-5,13,15-16,24H,6-12,14,28H2,1-2H3/t15-,16+,24-/m1/s1. The Morgan fingerprint density at radius 2 is 2.03 bits per heavy atom. The Balaban J connectivity index is 1.23. The normalized spacial score (nSPS) is 26.9. The van der Waals surface area contributed by atoms with Crippen LogP contribution in [0.1, 0.15) is 56.0 Å². The fraction of sp³-hybridized carbons (Fsp3) is 0.538. The predicted molar refractivity (Wildman–Crippen MR) is 133 cm³/mol. The van der Waals surface area contributed by atoms with Crippen LogP contribution in [0.2, 0.25) is 0 Å². The van der Waals surface area contributed by atoms with Crippen LogP contribution >= 0.6 is 0 Å². The fourth-order valence-electron chi connectivity index (χ4n) is 6.13. The van der Waals surface area contributed by atoms with Gasteiger partial charge in [0.25, 0.3) is 0 Å². The van der Waals surface area contributed by atoms with Gasteiger partial charge in [-0.05, 0) is 38.2 Å². The van der Waals surface area contributed by atoms with E-state index < -0.39 is 5.82 Å². The molecular formula is C26H30FN7O. The van der Waals surface area contributed by atoms with Gasteiger partial charge in [0, 0.05) is 42.3 Å². The summed E-state index contributed by atoms with van der Waals surface area (Å²) in [5.41, 5.74) is 9.59. The van der Waals surface area contributed by atoms with Gasteiger partial charge in [-0.2, -0.15) is 0 Å². The number of piperidine rings is 1. The Bertz CT molecular complexity index is 1250. The van der Waals surface area contributed by atoms with Gasteiger partial charge in [0.1, 0.15) is 17.3 Å². The summed E-state index contributed by atoms with van der Waals surface area (Å²) >= 11 is 0. The minimum absolute atomic E-state index is 0.0432. The first-order valence-corrected chi connectivity index (χ1v) is 12.4. The van der Waals surface area contributed by atoms with Crippen molar-refractivity contribution in [2.24, 2.45) is 16.1 Å². The molecule has 9 heteroatoms. The van der Waals surface area contributed by atoms with Gasteiger partial charge in [0.2, 0.25) is 5.69 Å². The van der Waals surface area contributed by atoms with Crippen molar-refractivity contribution in [2.75, 3.05) is 36.0 Å². The second kappa shape index (κ2) is 8.25. The average Bonchev–Trinajstić information content (AvgIpc) is 3.41. The number of hydrogen-bond donors (Lipinski definition) is 1. The molecule has 0 amide bonds. The predicted octanol–water partition coefficient (Wildman–Crippen LogP) is 3.77. The number of aromatic nitrogens is 2. The zero-order chi connectivity index (χ0) is 24.3. The summed E-state index contributed by atoms with van der Waals surface area (Å²) in [7, 11) is 0. The van der Waals surface area contributed by atoms with Gasteiger partial charge in [-0.25, -0.2) is 19.2 Å². The number of hydrogen-bond acceptors (Lipinski definition) is 7. The number of nitrogens with two attached hydrogens (primary N) is 1. The van der Waals surface area contributed by atoms with Crippen molar-refractivity contribution in [1.29, 1.82) is 0 Å². The lowest BCUT2D eigenvalue weighted by atomic mass is 9.73. The smallest absolute Gasteiger partial charge is 0.222 e. The molecule has 1 aromatic carbocycles. The summed E-state index contributed by atoms with van der Waals surface area (Å²) < 4.78 is 20.9. The molecule has 2 N–H and O–H groups in total. The molecule has 0 aliphatic carbocycles. The minimum atomic E-state index is -0.417. The fourth-order valence-corrected chi connectivity index (χ4v) is 6.13. The SMILES string of the molecule is [C-]#[N+]c1ccc2c(c1F)[C@H](C)CCN2C1=NCc2nc(N3CCC4(CC3)CO[C@@H](C)[C@H]4N)cnc21. The Morgan fingerprint density at radius 1 is 1.23 bits per heavy atom. The highest BCUT2D eigenvalue weighted by molar-refractivity contribution is 6.11. The third-order valence-electron chi connectivity index (χ3n) is 8.43. The van der Waals surface area contributed by atoms with Gasteiger partial charge in [-0.3, -0.25) is 4.99 Å². The van der Waals surface area contributed by atoms with Crippen LogP contribution in [-0.2, 0) is 11.3 Å². The maximum Gasteiger partial charge on any atom is 0.222 e. The van der Waals surface area contributed by atoms with Crippen LogP contribution in [0.4, 0.5) is 21.6 Å². The molecule has 2 fully saturated rings. The van der Waals surface area contributed by atoms with Crippen LogP contribution in [0, 0.1) is 17.8 Å². The molecule has 3 atom stereocenters. The average molecular weight is 476 g/mol. The maximum absolute atomic E-state index is 15.0. The summed E-state index contributed by atoms with van der Waals surface area (Å²) in [6.45, 7) is 15.0. The van der Waals surface area contributed by atoms with Gasteiger partial charge < -0.3 is 20.3 Å². The molecule has 182 valence electrons. The largest absolute Gasteiger partial charge is 0.376 e. The van der Waals surface area contributed by atoms with Gasteiger partial charge in [-0.15, -0.1) is 0 Å². The van der Waals surface area contributed by atoms with E-state index in [0.29, 0.717) is 12.1 Å². The lowest BCUT2D eigenvalue weighted by Crippen LogP contribution is -2.50. The molecule has 0 unspecified atom stereocenters. The molecule has 1 spiro atoms. The van der Waals surface area contributed by atoms with Crippen LogP contribution in [-0.4, -0.2) is 54.2 Å². The van der Waals surface area contributed by atoms with E-state index in [9.17, 15) is 0 Å². The van der Waals surface area contributed by atoms with E-state index in [-0.39, 0.29) is 29.2 Å². The third kappa shape index (κ3) is 3.42. The molecule has 6 rings (SSSR count). The molecular weight excluding hydrogens is 445 g/mol. The maximum atomic E-state index is 15.0. The second-order valence-electron chi connectivity index (χ2n) is 10.3. The zero-order valence-corrected chi connectivity index (χ0v) is 20.2. The highest BCUT2D eigenvalue weighted by Gasteiger charge is 2.47. The van der Waals surface area contributed by atoms with Crippen molar-refractivity contribution in [3.63, 3.8) is 0 Å². The molecule has 2 aromatic rings. The van der Waals surface area contributed by atoms with Crippen LogP contribution in [0.25, 0.3) is 4.85 Å². The first-order valence-electron chi connectivity index (χ1n) is 12.4. The van der Waals surface area contributed by atoms with Gasteiger partial charge in [0.05, 0.1) is 37.7 Å². The van der Waals surface area contributed by atoms with E-state index in [1.165, 1.54) is 0 Å². The van der Waals surface area contributed by atoms with Crippen LogP contribution < -0.4 is 15.5 Å². The van der Waals surface area contributed by atoms with E-state index in [1.807, 2.05) is 24.1 Å². The number of ether oxygens (including phenoxy) is 1. The van der Waals surface area contributed by atoms with E-state index in [4.69, 9.17) is 32.0 Å². The first-order chi connectivity index (χ1) is 16.9. The molecule has 5 heterocycles. The zero-order valence-electron chi connectivity index (χ0n) is 20.2. The third-order valence-corrected chi connectivity index (χ3v) is 8.43. The van der Waals surface area contributed by atoms with E-state index in [1.54, 1.807) is 6.07 Å². The molecule has 0 radical (unpaired) electrons. The number of aliphatic imine (C=N–C) groups is 1. The molecule has 1 aromatic heterocycles. The lowest BCUT2D eigenvalue weighted by Gasteiger charge is -2.41. The van der Waals surface area contributed by atoms with E-state index in [0.717, 1.165) is 74.2 Å². The van der Waals surface area contributed by atoms with Gasteiger partial charge in [0.15, 0.2) is 5.84 Å². The number of rotatable bonds is 1. The highest BCUT2D eigenvalue weighted by Crippen LogP contribution is 2.43. The number of benzene rings is 1. The van der Waals surface area contributed by atoms with Crippen molar-refractivity contribution in [2.45, 2.75) is 57.7 Å². The Kier molecular flexibility index (Phi) is 5.27. The van der Waals surface area contributed by atoms with E-state index in [2.05, 4.69) is 16.7 Å². The quantitative estimate of drug-likeness (QED) is 0.632. The number of anilines is 2.